The highest BCUT2D eigenvalue weighted by atomic mass is 19.1. The summed E-state index contributed by atoms with van der Waals surface area (Å²) < 4.78 is 24.3. The van der Waals surface area contributed by atoms with E-state index in [2.05, 4.69) is 21.3 Å². The summed E-state index contributed by atoms with van der Waals surface area (Å²) in [5, 5.41) is 2.75. The molecule has 7 nitrogen and oxygen atoms in total. The molecular weight excluding hydrogens is 433 g/mol. The summed E-state index contributed by atoms with van der Waals surface area (Å²) in [4.78, 5) is 19.6. The highest BCUT2D eigenvalue weighted by Gasteiger charge is 2.19. The number of nitrogens with zero attached hydrogens (tertiary/aromatic N) is 4. The van der Waals surface area contributed by atoms with E-state index in [0.717, 1.165) is 41.1 Å². The summed E-state index contributed by atoms with van der Waals surface area (Å²) in [6, 6.07) is 7.24. The lowest BCUT2D eigenvalue weighted by molar-refractivity contribution is 0.102. The van der Waals surface area contributed by atoms with Gasteiger partial charge in [0, 0.05) is 55.7 Å². The standard InChI is InChI=1S/C26H28FN5O2/c1-17(2)31-6-4-19(15-31)26(33)29-23-14-21(18(3)12-22(23)27)20-13-24(30-8-10-34-11-9-30)25-28-5-7-32(25)16-20/h4-7,12-17H,8-11H2,1-3H3,(H,29,33). The highest BCUT2D eigenvalue weighted by molar-refractivity contribution is 6.04. The molecule has 0 atom stereocenters. The Bertz CT molecular complexity index is 1350. The number of hydrogen-bond acceptors (Lipinski definition) is 4. The molecule has 1 N–H and O–H groups in total. The molecule has 1 saturated heterocycles. The quantitative estimate of drug-likeness (QED) is 0.458. The number of morpholine rings is 1. The third-order valence-corrected chi connectivity index (χ3v) is 6.27. The van der Waals surface area contributed by atoms with Crippen molar-refractivity contribution in [3.05, 3.63) is 72.2 Å². The Hall–Kier alpha value is -3.65. The Labute approximate surface area is 197 Å². The molecule has 0 spiro atoms. The number of imidazole rings is 1. The number of hydrogen-bond donors (Lipinski definition) is 1. The molecule has 0 unspecified atom stereocenters. The number of pyridine rings is 1. The number of ether oxygens (including phenoxy) is 1. The molecule has 3 aromatic heterocycles. The van der Waals surface area contributed by atoms with Crippen LogP contribution in [-0.2, 0) is 4.74 Å². The Morgan fingerprint density at radius 3 is 2.68 bits per heavy atom. The van der Waals surface area contributed by atoms with Gasteiger partial charge in [0.2, 0.25) is 0 Å². The third kappa shape index (κ3) is 4.17. The van der Waals surface area contributed by atoms with Crippen LogP contribution in [0.25, 0.3) is 16.8 Å². The predicted octanol–water partition coefficient (Wildman–Crippen LogP) is 4.92. The van der Waals surface area contributed by atoms with Crippen molar-refractivity contribution in [1.29, 1.82) is 0 Å². The van der Waals surface area contributed by atoms with Crippen LogP contribution in [0.5, 0.6) is 0 Å². The molecule has 176 valence electrons. The second kappa shape index (κ2) is 8.95. The molecule has 1 aliphatic heterocycles. The van der Waals surface area contributed by atoms with Gasteiger partial charge in [0.1, 0.15) is 5.82 Å². The third-order valence-electron chi connectivity index (χ3n) is 6.27. The molecule has 34 heavy (non-hydrogen) atoms. The maximum Gasteiger partial charge on any atom is 0.257 e. The van der Waals surface area contributed by atoms with Gasteiger partial charge >= 0.3 is 0 Å². The fourth-order valence-corrected chi connectivity index (χ4v) is 4.34. The molecule has 0 aliphatic carbocycles. The minimum Gasteiger partial charge on any atom is -0.378 e. The van der Waals surface area contributed by atoms with E-state index in [4.69, 9.17) is 4.74 Å². The minimum atomic E-state index is -0.463. The molecule has 1 fully saturated rings. The average Bonchev–Trinajstić information content (AvgIpc) is 3.51. The normalized spacial score (nSPS) is 14.2. The summed E-state index contributed by atoms with van der Waals surface area (Å²) >= 11 is 0. The smallest absolute Gasteiger partial charge is 0.257 e. The first-order valence-electron chi connectivity index (χ1n) is 11.5. The lowest BCUT2D eigenvalue weighted by atomic mass is 10.00. The molecule has 0 radical (unpaired) electrons. The van der Waals surface area contributed by atoms with Gasteiger partial charge in [-0.05, 0) is 56.2 Å². The van der Waals surface area contributed by atoms with Gasteiger partial charge in [-0.15, -0.1) is 0 Å². The first kappa shape index (κ1) is 22.2. The van der Waals surface area contributed by atoms with Crippen molar-refractivity contribution in [2.45, 2.75) is 26.8 Å². The summed E-state index contributed by atoms with van der Waals surface area (Å²) in [7, 11) is 0. The monoisotopic (exact) mass is 461 g/mol. The Kier molecular flexibility index (Phi) is 5.83. The fraction of sp³-hybridized carbons (Fsp3) is 0.308. The number of carbonyl (C=O) groups excluding carboxylic acids is 1. The number of carbonyl (C=O) groups is 1. The number of nitrogens with one attached hydrogen (secondary N) is 1. The number of anilines is 2. The average molecular weight is 462 g/mol. The van der Waals surface area contributed by atoms with Crippen molar-refractivity contribution in [1.82, 2.24) is 14.0 Å². The maximum atomic E-state index is 14.9. The first-order chi connectivity index (χ1) is 16.4. The predicted molar refractivity (Wildman–Crippen MR) is 131 cm³/mol. The van der Waals surface area contributed by atoms with Crippen LogP contribution in [0.15, 0.2) is 55.2 Å². The summed E-state index contributed by atoms with van der Waals surface area (Å²) in [6.07, 6.45) is 9.29. The van der Waals surface area contributed by atoms with E-state index in [0.29, 0.717) is 18.8 Å². The first-order valence-corrected chi connectivity index (χ1v) is 11.5. The number of halogens is 1. The van der Waals surface area contributed by atoms with Crippen LogP contribution in [0.2, 0.25) is 0 Å². The van der Waals surface area contributed by atoms with Crippen molar-refractivity contribution < 1.29 is 13.9 Å². The molecule has 4 heterocycles. The number of benzene rings is 1. The molecule has 8 heteroatoms. The topological polar surface area (TPSA) is 63.8 Å². The van der Waals surface area contributed by atoms with Crippen LogP contribution in [0.3, 0.4) is 0 Å². The zero-order valence-corrected chi connectivity index (χ0v) is 19.6. The number of rotatable bonds is 5. The Morgan fingerprint density at radius 2 is 1.94 bits per heavy atom. The van der Waals surface area contributed by atoms with Gasteiger partial charge in [0.05, 0.1) is 30.2 Å². The van der Waals surface area contributed by atoms with E-state index in [1.807, 2.05) is 48.3 Å². The van der Waals surface area contributed by atoms with E-state index in [9.17, 15) is 9.18 Å². The van der Waals surface area contributed by atoms with Crippen LogP contribution in [0, 0.1) is 12.7 Å². The molecule has 0 saturated carbocycles. The minimum absolute atomic E-state index is 0.154. The Morgan fingerprint density at radius 1 is 1.15 bits per heavy atom. The number of amides is 1. The van der Waals surface area contributed by atoms with E-state index >= 15 is 0 Å². The van der Waals surface area contributed by atoms with Gasteiger partial charge in [-0.3, -0.25) is 4.79 Å². The van der Waals surface area contributed by atoms with Crippen LogP contribution in [0.4, 0.5) is 15.8 Å². The lowest BCUT2D eigenvalue weighted by Gasteiger charge is -2.29. The lowest BCUT2D eigenvalue weighted by Crippen LogP contribution is -2.36. The van der Waals surface area contributed by atoms with E-state index in [-0.39, 0.29) is 17.6 Å². The van der Waals surface area contributed by atoms with E-state index in [1.54, 1.807) is 24.5 Å². The van der Waals surface area contributed by atoms with Crippen molar-refractivity contribution >= 4 is 22.9 Å². The second-order valence-corrected chi connectivity index (χ2v) is 8.91. The Balaban J connectivity index is 1.52. The van der Waals surface area contributed by atoms with Crippen molar-refractivity contribution in [3.8, 4) is 11.1 Å². The molecule has 0 bridgehead atoms. The van der Waals surface area contributed by atoms with Gasteiger partial charge in [0.25, 0.3) is 5.91 Å². The van der Waals surface area contributed by atoms with Gasteiger partial charge < -0.3 is 23.9 Å². The van der Waals surface area contributed by atoms with Crippen LogP contribution < -0.4 is 10.2 Å². The fourth-order valence-electron chi connectivity index (χ4n) is 4.34. The number of aromatic nitrogens is 3. The van der Waals surface area contributed by atoms with Gasteiger partial charge in [0.15, 0.2) is 5.65 Å². The number of fused-ring (bicyclic) bond motifs is 1. The van der Waals surface area contributed by atoms with E-state index in [1.165, 1.54) is 6.07 Å². The van der Waals surface area contributed by atoms with Gasteiger partial charge in [-0.2, -0.15) is 0 Å². The maximum absolute atomic E-state index is 14.9. The van der Waals surface area contributed by atoms with E-state index < -0.39 is 5.82 Å². The van der Waals surface area contributed by atoms with Crippen molar-refractivity contribution in [2.24, 2.45) is 0 Å². The largest absolute Gasteiger partial charge is 0.378 e. The molecular formula is C26H28FN5O2. The van der Waals surface area contributed by atoms with Crippen LogP contribution in [-0.4, -0.2) is 46.2 Å². The van der Waals surface area contributed by atoms with Crippen molar-refractivity contribution in [2.75, 3.05) is 36.5 Å². The molecule has 4 aromatic rings. The summed E-state index contributed by atoms with van der Waals surface area (Å²) in [5.41, 5.74) is 5.08. The summed E-state index contributed by atoms with van der Waals surface area (Å²) in [5.74, 6) is -0.804. The zero-order chi connectivity index (χ0) is 23.8. The second-order valence-electron chi connectivity index (χ2n) is 8.91. The SMILES string of the molecule is Cc1cc(F)c(NC(=O)c2ccn(C(C)C)c2)cc1-c1cc(N2CCOCC2)c2nccn2c1. The molecule has 1 aliphatic rings. The van der Waals surface area contributed by atoms with Gasteiger partial charge in [-0.1, -0.05) is 0 Å². The van der Waals surface area contributed by atoms with Gasteiger partial charge in [-0.25, -0.2) is 9.37 Å². The molecule has 1 aromatic carbocycles. The zero-order valence-electron chi connectivity index (χ0n) is 19.6. The number of aryl methyl sites for hydroxylation is 1. The molecule has 1 amide bonds. The van der Waals surface area contributed by atoms with Crippen LogP contribution in [0.1, 0.15) is 35.8 Å². The van der Waals surface area contributed by atoms with Crippen molar-refractivity contribution in [3.63, 3.8) is 0 Å². The van der Waals surface area contributed by atoms with Crippen LogP contribution >= 0.6 is 0 Å². The molecule has 5 rings (SSSR count). The summed E-state index contributed by atoms with van der Waals surface area (Å²) in [6.45, 7) is 8.85. The highest BCUT2D eigenvalue weighted by Crippen LogP contribution is 2.33.